The molecule has 0 bridgehead atoms. The summed E-state index contributed by atoms with van der Waals surface area (Å²) in [4.78, 5) is 18.4. The van der Waals surface area contributed by atoms with Crippen LogP contribution in [0.5, 0.6) is 0 Å². The average Bonchev–Trinajstić information content (AvgIpc) is 3.33. The smallest absolute Gasteiger partial charge is 0.123 e. The minimum atomic E-state index is -0.412. The van der Waals surface area contributed by atoms with Gasteiger partial charge < -0.3 is 4.98 Å². The van der Waals surface area contributed by atoms with Gasteiger partial charge in [0.05, 0.1) is 11.4 Å². The summed E-state index contributed by atoms with van der Waals surface area (Å²) in [7, 11) is 0. The van der Waals surface area contributed by atoms with Crippen molar-refractivity contribution in [3.05, 3.63) is 76.9 Å². The summed E-state index contributed by atoms with van der Waals surface area (Å²) in [5.41, 5.74) is 8.93. The molecule has 3 unspecified atom stereocenters. The maximum Gasteiger partial charge on any atom is 0.123 e. The predicted molar refractivity (Wildman–Crippen MR) is 142 cm³/mol. The quantitative estimate of drug-likeness (QED) is 0.299. The molecule has 3 atom stereocenters. The van der Waals surface area contributed by atoms with E-state index < -0.39 is 6.10 Å². The van der Waals surface area contributed by atoms with Crippen LogP contribution < -0.4 is 0 Å². The Hall–Kier alpha value is -3.02. The van der Waals surface area contributed by atoms with Gasteiger partial charge in [0.1, 0.15) is 6.10 Å². The van der Waals surface area contributed by atoms with Crippen LogP contribution in [0.1, 0.15) is 74.8 Å². The average molecular weight is 470 g/mol. The van der Waals surface area contributed by atoms with Crippen LogP contribution in [-0.2, 0) is 4.89 Å². The summed E-state index contributed by atoms with van der Waals surface area (Å²) in [6.45, 7) is 11.0. The van der Waals surface area contributed by atoms with E-state index in [1.54, 1.807) is 0 Å². The number of H-pyrrole nitrogens is 1. The molecule has 1 fully saturated rings. The van der Waals surface area contributed by atoms with Gasteiger partial charge >= 0.3 is 0 Å². The first kappa shape index (κ1) is 23.7. The number of aromatic amines is 1. The Morgan fingerprint density at radius 2 is 1.74 bits per heavy atom. The Morgan fingerprint density at radius 1 is 1.03 bits per heavy atom. The highest BCUT2D eigenvalue weighted by atomic mass is 17.1. The molecule has 35 heavy (non-hydrogen) atoms. The molecule has 5 nitrogen and oxygen atoms in total. The van der Waals surface area contributed by atoms with Gasteiger partial charge in [-0.15, -0.1) is 0 Å². The first-order valence-corrected chi connectivity index (χ1v) is 12.7. The third kappa shape index (κ3) is 4.28. The van der Waals surface area contributed by atoms with Crippen LogP contribution in [0.3, 0.4) is 0 Å². The first-order valence-electron chi connectivity index (χ1n) is 12.7. The normalized spacial score (nSPS) is 26.0. The largest absolute Gasteiger partial charge is 0.358 e. The van der Waals surface area contributed by atoms with E-state index in [0.29, 0.717) is 17.8 Å². The molecule has 0 spiro atoms. The summed E-state index contributed by atoms with van der Waals surface area (Å²) >= 11 is 0. The maximum absolute atomic E-state index is 10.3. The van der Waals surface area contributed by atoms with E-state index in [4.69, 9.17) is 9.88 Å². The molecule has 1 aliphatic carbocycles. The molecule has 2 aliphatic rings. The van der Waals surface area contributed by atoms with Crippen molar-refractivity contribution in [1.29, 1.82) is 0 Å². The van der Waals surface area contributed by atoms with E-state index in [-0.39, 0.29) is 5.92 Å². The highest BCUT2D eigenvalue weighted by Crippen LogP contribution is 2.49. The molecule has 3 heterocycles. The zero-order chi connectivity index (χ0) is 24.7. The molecule has 1 aliphatic heterocycles. The monoisotopic (exact) mass is 469 g/mol. The zero-order valence-corrected chi connectivity index (χ0v) is 21.2. The lowest BCUT2D eigenvalue weighted by Gasteiger charge is -2.41. The number of benzene rings is 1. The lowest BCUT2D eigenvalue weighted by atomic mass is 9.66. The van der Waals surface area contributed by atoms with Crippen molar-refractivity contribution in [2.24, 2.45) is 28.7 Å². The minimum Gasteiger partial charge on any atom is -0.358 e. The number of hydrogen-bond acceptors (Lipinski definition) is 4. The van der Waals surface area contributed by atoms with Gasteiger partial charge in [-0.1, -0.05) is 51.1 Å². The number of hydrogen-bond donors (Lipinski definition) is 2. The molecule has 1 saturated carbocycles. The maximum atomic E-state index is 10.3. The van der Waals surface area contributed by atoms with Crippen LogP contribution in [0.4, 0.5) is 0 Å². The topological polar surface area (TPSA) is 70.5 Å². The lowest BCUT2D eigenvalue weighted by molar-refractivity contribution is -0.303. The Balaban J connectivity index is 1.68. The summed E-state index contributed by atoms with van der Waals surface area (Å²) < 4.78 is 0. The molecule has 182 valence electrons. The number of pyridine rings is 1. The predicted octanol–water partition coefficient (Wildman–Crippen LogP) is 7.55. The van der Waals surface area contributed by atoms with Crippen LogP contribution in [0.15, 0.2) is 53.7 Å². The third-order valence-electron chi connectivity index (χ3n) is 7.95. The Bertz CT molecular complexity index is 1260. The standard InChI is InChI=1S/C30H35N3O2/c1-17-14-18(2)26(19(3)15-17)30(35-34)27-21(5)33-24(28(27)22-10-7-6-8-11-22)16-25-29-23(20(4)32-25)12-9-13-31-29/h6-13,16-19,26,30,33-34H,14-15H2,1-5H3. The molecular weight excluding hydrogens is 434 g/mol. The van der Waals surface area contributed by atoms with Crippen molar-refractivity contribution >= 4 is 17.5 Å². The van der Waals surface area contributed by atoms with Crippen molar-refractivity contribution in [3.8, 4) is 11.1 Å². The number of aromatic nitrogens is 2. The lowest BCUT2D eigenvalue weighted by Crippen LogP contribution is -2.34. The number of fused-ring (bicyclic) bond motifs is 1. The third-order valence-corrected chi connectivity index (χ3v) is 7.95. The van der Waals surface area contributed by atoms with E-state index in [1.165, 1.54) is 0 Å². The minimum absolute atomic E-state index is 0.225. The molecular formula is C30H35N3O2. The van der Waals surface area contributed by atoms with E-state index >= 15 is 0 Å². The molecule has 0 amide bonds. The number of nitrogens with zero attached hydrogens (tertiary/aromatic N) is 2. The molecule has 1 aromatic carbocycles. The summed E-state index contributed by atoms with van der Waals surface area (Å²) in [5.74, 6) is 1.81. The molecule has 0 saturated heterocycles. The Kier molecular flexibility index (Phi) is 6.47. The van der Waals surface area contributed by atoms with Gasteiger partial charge in [-0.25, -0.2) is 4.89 Å². The summed E-state index contributed by atoms with van der Waals surface area (Å²) in [6, 6.07) is 14.4. The van der Waals surface area contributed by atoms with Gasteiger partial charge in [-0.05, 0) is 74.1 Å². The highest BCUT2D eigenvalue weighted by Gasteiger charge is 2.41. The van der Waals surface area contributed by atoms with E-state index in [0.717, 1.165) is 63.6 Å². The molecule has 5 rings (SSSR count). The van der Waals surface area contributed by atoms with Gasteiger partial charge in [0.15, 0.2) is 0 Å². The van der Waals surface area contributed by atoms with Crippen molar-refractivity contribution in [3.63, 3.8) is 0 Å². The number of aliphatic imine (C=N–C) groups is 1. The fourth-order valence-electron chi connectivity index (χ4n) is 6.63. The van der Waals surface area contributed by atoms with E-state index in [2.05, 4.69) is 74.1 Å². The van der Waals surface area contributed by atoms with Crippen LogP contribution in [0.2, 0.25) is 0 Å². The van der Waals surface area contributed by atoms with Gasteiger partial charge in [-0.3, -0.25) is 15.2 Å². The van der Waals surface area contributed by atoms with Crippen molar-refractivity contribution in [2.45, 2.75) is 53.6 Å². The van der Waals surface area contributed by atoms with Crippen molar-refractivity contribution in [2.75, 3.05) is 0 Å². The zero-order valence-electron chi connectivity index (χ0n) is 21.2. The molecule has 2 aromatic heterocycles. The first-order chi connectivity index (χ1) is 16.9. The second kappa shape index (κ2) is 9.56. The second-order valence-electron chi connectivity index (χ2n) is 10.6. The number of nitrogens with one attached hydrogen (secondary N) is 1. The second-order valence-corrected chi connectivity index (χ2v) is 10.6. The van der Waals surface area contributed by atoms with Crippen LogP contribution in [0.25, 0.3) is 22.9 Å². The molecule has 5 heteroatoms. The fourth-order valence-corrected chi connectivity index (χ4v) is 6.63. The highest BCUT2D eigenvalue weighted by molar-refractivity contribution is 6.11. The molecule has 0 radical (unpaired) electrons. The van der Waals surface area contributed by atoms with Gasteiger partial charge in [0, 0.05) is 40.0 Å². The SMILES string of the molecule is CC1=NC(=Cc2[nH]c(C)c(C(OO)C3C(C)CC(C)CC3C)c2-c2ccccc2)c2ncccc21. The Morgan fingerprint density at radius 3 is 2.43 bits per heavy atom. The summed E-state index contributed by atoms with van der Waals surface area (Å²) in [5, 5.41) is 10.3. The van der Waals surface area contributed by atoms with Crippen molar-refractivity contribution < 1.29 is 10.1 Å². The molecule has 3 aromatic rings. The van der Waals surface area contributed by atoms with Crippen molar-refractivity contribution in [1.82, 2.24) is 9.97 Å². The summed E-state index contributed by atoms with van der Waals surface area (Å²) in [6.07, 6.45) is 5.78. The molecule has 2 N–H and O–H groups in total. The number of rotatable bonds is 5. The van der Waals surface area contributed by atoms with Crippen LogP contribution >= 0.6 is 0 Å². The van der Waals surface area contributed by atoms with Crippen LogP contribution in [0, 0.1) is 30.6 Å². The van der Waals surface area contributed by atoms with E-state index in [1.807, 2.05) is 25.3 Å². The van der Waals surface area contributed by atoms with Crippen LogP contribution in [-0.4, -0.2) is 20.9 Å². The van der Waals surface area contributed by atoms with Gasteiger partial charge in [-0.2, -0.15) is 0 Å². The number of aryl methyl sites for hydroxylation is 1. The fraction of sp³-hybridized carbons (Fsp3) is 0.400. The van der Waals surface area contributed by atoms with Gasteiger partial charge in [0.25, 0.3) is 0 Å². The Labute approximate surface area is 207 Å². The van der Waals surface area contributed by atoms with E-state index in [9.17, 15) is 5.26 Å². The van der Waals surface area contributed by atoms with Gasteiger partial charge in [0.2, 0.25) is 0 Å².